The zero-order valence-electron chi connectivity index (χ0n) is 14.8. The molecule has 1 heterocycles. The number of carbonyl (C=O) groups is 2. The standard InChI is InChI=1S/C16H30N4O2.2ClH/c1-3-18(4-2)12-15(21)19-7-9-20(10-8-19)16(22)13-5-6-14(17)11-13;;/h13-14H,3-12,17H2,1-2H3;2*1H. The lowest BCUT2D eigenvalue weighted by molar-refractivity contribution is -0.142. The van der Waals surface area contributed by atoms with Gasteiger partial charge in [-0.3, -0.25) is 14.5 Å². The van der Waals surface area contributed by atoms with Crippen molar-refractivity contribution in [2.45, 2.75) is 39.2 Å². The molecular formula is C16H32Cl2N4O2. The maximum atomic E-state index is 12.5. The average Bonchev–Trinajstić information content (AvgIpc) is 2.98. The summed E-state index contributed by atoms with van der Waals surface area (Å²) in [4.78, 5) is 30.7. The molecule has 1 aliphatic carbocycles. The molecule has 0 spiro atoms. The van der Waals surface area contributed by atoms with Gasteiger partial charge in [-0.05, 0) is 32.4 Å². The van der Waals surface area contributed by atoms with Crippen molar-refractivity contribution in [2.24, 2.45) is 11.7 Å². The molecule has 2 rings (SSSR count). The lowest BCUT2D eigenvalue weighted by atomic mass is 10.1. The van der Waals surface area contributed by atoms with Crippen LogP contribution < -0.4 is 5.73 Å². The zero-order chi connectivity index (χ0) is 16.1. The molecule has 2 N–H and O–H groups in total. The number of halogens is 2. The monoisotopic (exact) mass is 382 g/mol. The highest BCUT2D eigenvalue weighted by Crippen LogP contribution is 2.26. The van der Waals surface area contributed by atoms with Gasteiger partial charge in [0, 0.05) is 38.1 Å². The van der Waals surface area contributed by atoms with Gasteiger partial charge < -0.3 is 15.5 Å². The van der Waals surface area contributed by atoms with E-state index in [1.165, 1.54) is 0 Å². The number of piperazine rings is 1. The maximum Gasteiger partial charge on any atom is 0.236 e. The second-order valence-corrected chi connectivity index (χ2v) is 6.44. The largest absolute Gasteiger partial charge is 0.339 e. The summed E-state index contributed by atoms with van der Waals surface area (Å²) in [6.07, 6.45) is 2.69. The van der Waals surface area contributed by atoms with E-state index in [4.69, 9.17) is 5.73 Å². The predicted molar refractivity (Wildman–Crippen MR) is 101 cm³/mol. The number of hydrogen-bond acceptors (Lipinski definition) is 4. The maximum absolute atomic E-state index is 12.5. The Morgan fingerprint density at radius 1 is 1.00 bits per heavy atom. The van der Waals surface area contributed by atoms with E-state index in [0.29, 0.717) is 32.7 Å². The molecule has 8 heteroatoms. The molecule has 24 heavy (non-hydrogen) atoms. The van der Waals surface area contributed by atoms with E-state index in [2.05, 4.69) is 18.7 Å². The number of hydrogen-bond donors (Lipinski definition) is 1. The first-order valence-electron chi connectivity index (χ1n) is 8.59. The normalized spacial score (nSPS) is 23.7. The van der Waals surface area contributed by atoms with Crippen LogP contribution in [-0.2, 0) is 9.59 Å². The molecule has 142 valence electrons. The molecule has 2 amide bonds. The molecule has 2 atom stereocenters. The summed E-state index contributed by atoms with van der Waals surface area (Å²) >= 11 is 0. The van der Waals surface area contributed by atoms with Crippen molar-refractivity contribution < 1.29 is 9.59 Å². The fourth-order valence-corrected chi connectivity index (χ4v) is 3.41. The third kappa shape index (κ3) is 6.06. The van der Waals surface area contributed by atoms with E-state index >= 15 is 0 Å². The fraction of sp³-hybridized carbons (Fsp3) is 0.875. The summed E-state index contributed by atoms with van der Waals surface area (Å²) in [5.41, 5.74) is 5.90. The Bertz CT molecular complexity index is 400. The van der Waals surface area contributed by atoms with Crippen LogP contribution in [0, 0.1) is 5.92 Å². The van der Waals surface area contributed by atoms with Gasteiger partial charge in [-0.1, -0.05) is 13.8 Å². The first-order valence-corrected chi connectivity index (χ1v) is 8.59. The van der Waals surface area contributed by atoms with E-state index in [-0.39, 0.29) is 48.6 Å². The molecule has 0 radical (unpaired) electrons. The topological polar surface area (TPSA) is 69.9 Å². The summed E-state index contributed by atoms with van der Waals surface area (Å²) in [7, 11) is 0. The molecule has 0 aromatic rings. The summed E-state index contributed by atoms with van der Waals surface area (Å²) in [5, 5.41) is 0. The Labute approximate surface area is 157 Å². The first kappa shape index (κ1) is 23.4. The van der Waals surface area contributed by atoms with Crippen LogP contribution in [0.15, 0.2) is 0 Å². The highest BCUT2D eigenvalue weighted by molar-refractivity contribution is 5.85. The molecule has 1 aliphatic heterocycles. The Morgan fingerprint density at radius 2 is 1.54 bits per heavy atom. The predicted octanol–water partition coefficient (Wildman–Crippen LogP) is 0.970. The zero-order valence-corrected chi connectivity index (χ0v) is 16.4. The molecule has 0 aromatic heterocycles. The number of nitrogens with zero attached hydrogens (tertiary/aromatic N) is 3. The molecule has 0 bridgehead atoms. The quantitative estimate of drug-likeness (QED) is 0.768. The van der Waals surface area contributed by atoms with Gasteiger partial charge in [-0.2, -0.15) is 0 Å². The van der Waals surface area contributed by atoms with Crippen molar-refractivity contribution in [1.82, 2.24) is 14.7 Å². The Kier molecular flexibility index (Phi) is 10.9. The smallest absolute Gasteiger partial charge is 0.236 e. The highest BCUT2D eigenvalue weighted by atomic mass is 35.5. The molecule has 1 saturated heterocycles. The lowest BCUT2D eigenvalue weighted by Gasteiger charge is -2.36. The van der Waals surface area contributed by atoms with Gasteiger partial charge in [0.25, 0.3) is 0 Å². The second-order valence-electron chi connectivity index (χ2n) is 6.44. The summed E-state index contributed by atoms with van der Waals surface area (Å²) in [6.45, 7) is 9.04. The fourth-order valence-electron chi connectivity index (χ4n) is 3.41. The van der Waals surface area contributed by atoms with Crippen LogP contribution in [-0.4, -0.2) is 78.4 Å². The van der Waals surface area contributed by atoms with Gasteiger partial charge in [-0.15, -0.1) is 24.8 Å². The number of nitrogens with two attached hydrogens (primary N) is 1. The lowest BCUT2D eigenvalue weighted by Crippen LogP contribution is -2.53. The van der Waals surface area contributed by atoms with Crippen molar-refractivity contribution in [3.05, 3.63) is 0 Å². The number of carbonyl (C=O) groups excluding carboxylic acids is 2. The summed E-state index contributed by atoms with van der Waals surface area (Å²) in [6, 6.07) is 0.186. The van der Waals surface area contributed by atoms with Crippen molar-refractivity contribution >= 4 is 36.6 Å². The van der Waals surface area contributed by atoms with E-state index < -0.39 is 0 Å². The van der Waals surface area contributed by atoms with Gasteiger partial charge in [0.15, 0.2) is 0 Å². The minimum atomic E-state index is 0. The molecule has 1 saturated carbocycles. The average molecular weight is 383 g/mol. The minimum Gasteiger partial charge on any atom is -0.339 e. The van der Waals surface area contributed by atoms with Crippen LogP contribution in [0.25, 0.3) is 0 Å². The molecule has 2 aliphatic rings. The number of amides is 2. The molecule has 0 aromatic carbocycles. The molecule has 6 nitrogen and oxygen atoms in total. The minimum absolute atomic E-state index is 0. The van der Waals surface area contributed by atoms with Gasteiger partial charge in [0.05, 0.1) is 6.54 Å². The van der Waals surface area contributed by atoms with E-state index in [0.717, 1.165) is 32.4 Å². The van der Waals surface area contributed by atoms with Crippen LogP contribution >= 0.6 is 24.8 Å². The van der Waals surface area contributed by atoms with Crippen molar-refractivity contribution in [3.8, 4) is 0 Å². The second kappa shape index (κ2) is 11.1. The molecule has 2 fully saturated rings. The first-order chi connectivity index (χ1) is 10.5. The Balaban J connectivity index is 0.00000264. The number of rotatable bonds is 5. The van der Waals surface area contributed by atoms with Crippen LogP contribution in [0.5, 0.6) is 0 Å². The Morgan fingerprint density at radius 3 is 2.00 bits per heavy atom. The molecule has 2 unspecified atom stereocenters. The van der Waals surface area contributed by atoms with E-state index in [1.807, 2.05) is 9.80 Å². The van der Waals surface area contributed by atoms with Crippen LogP contribution in [0.1, 0.15) is 33.1 Å². The molecular weight excluding hydrogens is 351 g/mol. The van der Waals surface area contributed by atoms with Crippen molar-refractivity contribution in [1.29, 1.82) is 0 Å². The number of likely N-dealkylation sites (N-methyl/N-ethyl adjacent to an activating group) is 1. The van der Waals surface area contributed by atoms with Crippen LogP contribution in [0.3, 0.4) is 0 Å². The third-order valence-corrected chi connectivity index (χ3v) is 5.02. The van der Waals surface area contributed by atoms with Crippen molar-refractivity contribution in [2.75, 3.05) is 45.8 Å². The third-order valence-electron chi connectivity index (χ3n) is 5.02. The van der Waals surface area contributed by atoms with E-state index in [1.54, 1.807) is 0 Å². The van der Waals surface area contributed by atoms with Gasteiger partial charge >= 0.3 is 0 Å². The summed E-state index contributed by atoms with van der Waals surface area (Å²) < 4.78 is 0. The SMILES string of the molecule is CCN(CC)CC(=O)N1CCN(C(=O)C2CCC(N)C2)CC1.Cl.Cl. The highest BCUT2D eigenvalue weighted by Gasteiger charge is 2.33. The summed E-state index contributed by atoms with van der Waals surface area (Å²) in [5.74, 6) is 0.524. The van der Waals surface area contributed by atoms with Crippen molar-refractivity contribution in [3.63, 3.8) is 0 Å². The van der Waals surface area contributed by atoms with Crippen LogP contribution in [0.4, 0.5) is 0 Å². The van der Waals surface area contributed by atoms with E-state index in [9.17, 15) is 9.59 Å². The Hall–Kier alpha value is -0.560. The van der Waals surface area contributed by atoms with Gasteiger partial charge in [0.2, 0.25) is 11.8 Å². The van der Waals surface area contributed by atoms with Gasteiger partial charge in [0.1, 0.15) is 0 Å². The van der Waals surface area contributed by atoms with Gasteiger partial charge in [-0.25, -0.2) is 0 Å². The van der Waals surface area contributed by atoms with Crippen LogP contribution in [0.2, 0.25) is 0 Å².